The van der Waals surface area contributed by atoms with E-state index in [1.165, 1.54) is 6.07 Å². The molecule has 1 saturated carbocycles. The SMILES string of the molecule is CC1(C)CCC(C(O)c2ccccc2F)CC1. The second kappa shape index (κ2) is 4.77. The molecule has 1 nitrogen and oxygen atoms in total. The van der Waals surface area contributed by atoms with Gasteiger partial charge in [0, 0.05) is 5.56 Å². The van der Waals surface area contributed by atoms with Crippen LogP contribution in [-0.4, -0.2) is 5.11 Å². The molecule has 0 radical (unpaired) electrons. The highest BCUT2D eigenvalue weighted by Gasteiger charge is 2.31. The zero-order valence-corrected chi connectivity index (χ0v) is 10.6. The molecule has 0 bridgehead atoms. The van der Waals surface area contributed by atoms with Crippen molar-refractivity contribution in [2.24, 2.45) is 11.3 Å². The minimum absolute atomic E-state index is 0.208. The van der Waals surface area contributed by atoms with Gasteiger partial charge in [-0.1, -0.05) is 32.0 Å². The van der Waals surface area contributed by atoms with Crippen molar-refractivity contribution in [2.75, 3.05) is 0 Å². The van der Waals surface area contributed by atoms with Gasteiger partial charge in [0.05, 0.1) is 6.10 Å². The van der Waals surface area contributed by atoms with Crippen LogP contribution in [0, 0.1) is 17.2 Å². The lowest BCUT2D eigenvalue weighted by Crippen LogP contribution is -2.25. The molecule has 0 aromatic heterocycles. The average Bonchev–Trinajstić information content (AvgIpc) is 2.29. The van der Waals surface area contributed by atoms with E-state index in [0.717, 1.165) is 25.7 Å². The van der Waals surface area contributed by atoms with E-state index in [1.807, 2.05) is 0 Å². The molecule has 1 aromatic carbocycles. The van der Waals surface area contributed by atoms with E-state index in [2.05, 4.69) is 13.8 Å². The van der Waals surface area contributed by atoms with Gasteiger partial charge in [0.25, 0.3) is 0 Å². The first-order valence-corrected chi connectivity index (χ1v) is 6.42. The summed E-state index contributed by atoms with van der Waals surface area (Å²) >= 11 is 0. The molecule has 1 unspecified atom stereocenters. The molecule has 1 N–H and O–H groups in total. The number of hydrogen-bond donors (Lipinski definition) is 1. The van der Waals surface area contributed by atoms with Gasteiger partial charge >= 0.3 is 0 Å². The third-order valence-corrected chi connectivity index (χ3v) is 4.05. The predicted octanol–water partition coefficient (Wildman–Crippen LogP) is 4.08. The molecule has 0 spiro atoms. The van der Waals surface area contributed by atoms with Crippen molar-refractivity contribution in [1.82, 2.24) is 0 Å². The first kappa shape index (κ1) is 12.6. The fraction of sp³-hybridized carbons (Fsp3) is 0.600. The van der Waals surface area contributed by atoms with Crippen LogP contribution in [0.15, 0.2) is 24.3 Å². The van der Waals surface area contributed by atoms with Crippen LogP contribution in [0.2, 0.25) is 0 Å². The van der Waals surface area contributed by atoms with Gasteiger partial charge in [-0.2, -0.15) is 0 Å². The third-order valence-electron chi connectivity index (χ3n) is 4.05. The smallest absolute Gasteiger partial charge is 0.129 e. The van der Waals surface area contributed by atoms with E-state index in [0.29, 0.717) is 11.0 Å². The summed E-state index contributed by atoms with van der Waals surface area (Å²) in [5.74, 6) is -0.0789. The predicted molar refractivity (Wildman–Crippen MR) is 67.1 cm³/mol. The average molecular weight is 236 g/mol. The van der Waals surface area contributed by atoms with Crippen LogP contribution in [-0.2, 0) is 0 Å². The molecule has 1 fully saturated rings. The van der Waals surface area contributed by atoms with Crippen molar-refractivity contribution >= 4 is 0 Å². The fourth-order valence-electron chi connectivity index (χ4n) is 2.71. The molecule has 2 heteroatoms. The summed E-state index contributed by atoms with van der Waals surface area (Å²) in [6, 6.07) is 6.56. The molecule has 1 aliphatic rings. The van der Waals surface area contributed by atoms with Gasteiger partial charge < -0.3 is 5.11 Å². The fourth-order valence-corrected chi connectivity index (χ4v) is 2.71. The lowest BCUT2D eigenvalue weighted by Gasteiger charge is -2.36. The Balaban J connectivity index is 2.07. The largest absolute Gasteiger partial charge is 0.388 e. The van der Waals surface area contributed by atoms with Gasteiger partial charge in [0.15, 0.2) is 0 Å². The number of hydrogen-bond acceptors (Lipinski definition) is 1. The summed E-state index contributed by atoms with van der Waals surface area (Å²) in [5, 5.41) is 10.3. The molecule has 0 saturated heterocycles. The Morgan fingerprint density at radius 1 is 1.24 bits per heavy atom. The van der Waals surface area contributed by atoms with Crippen LogP contribution in [0.1, 0.15) is 51.2 Å². The van der Waals surface area contributed by atoms with Crippen molar-refractivity contribution in [3.8, 4) is 0 Å². The summed E-state index contributed by atoms with van der Waals surface area (Å²) < 4.78 is 13.6. The number of halogens is 1. The van der Waals surface area contributed by atoms with Gasteiger partial charge in [-0.15, -0.1) is 0 Å². The Morgan fingerprint density at radius 3 is 2.41 bits per heavy atom. The molecule has 0 amide bonds. The standard InChI is InChI=1S/C15H21FO/c1-15(2)9-7-11(8-10-15)14(17)12-5-3-4-6-13(12)16/h3-6,11,14,17H,7-10H2,1-2H3. The molecule has 94 valence electrons. The highest BCUT2D eigenvalue weighted by molar-refractivity contribution is 5.20. The molecular weight excluding hydrogens is 215 g/mol. The van der Waals surface area contributed by atoms with E-state index in [4.69, 9.17) is 0 Å². The second-order valence-corrected chi connectivity index (χ2v) is 5.97. The summed E-state index contributed by atoms with van der Waals surface area (Å²) in [6.07, 6.45) is 3.56. The van der Waals surface area contributed by atoms with Crippen molar-refractivity contribution in [1.29, 1.82) is 0 Å². The van der Waals surface area contributed by atoms with Crippen molar-refractivity contribution in [3.05, 3.63) is 35.6 Å². The molecule has 1 atom stereocenters. The summed E-state index contributed by atoms with van der Waals surface area (Å²) in [6.45, 7) is 4.53. The molecular formula is C15H21FO. The van der Waals surface area contributed by atoms with Crippen LogP contribution in [0.25, 0.3) is 0 Å². The third kappa shape index (κ3) is 2.86. The highest BCUT2D eigenvalue weighted by Crippen LogP contribution is 2.42. The minimum Gasteiger partial charge on any atom is -0.388 e. The van der Waals surface area contributed by atoms with Gasteiger partial charge in [0.2, 0.25) is 0 Å². The van der Waals surface area contributed by atoms with Crippen LogP contribution in [0.3, 0.4) is 0 Å². The molecule has 17 heavy (non-hydrogen) atoms. The van der Waals surface area contributed by atoms with Crippen molar-refractivity contribution in [2.45, 2.75) is 45.6 Å². The summed E-state index contributed by atoms with van der Waals surface area (Å²) in [7, 11) is 0. The maximum Gasteiger partial charge on any atom is 0.129 e. The highest BCUT2D eigenvalue weighted by atomic mass is 19.1. The van der Waals surface area contributed by atoms with Crippen LogP contribution < -0.4 is 0 Å². The maximum absolute atomic E-state index is 13.6. The van der Waals surface area contributed by atoms with E-state index in [-0.39, 0.29) is 11.7 Å². The monoisotopic (exact) mass is 236 g/mol. The lowest BCUT2D eigenvalue weighted by atomic mass is 9.71. The topological polar surface area (TPSA) is 20.2 Å². The summed E-state index contributed by atoms with van der Waals surface area (Å²) in [5.41, 5.74) is 0.836. The minimum atomic E-state index is -0.646. The quantitative estimate of drug-likeness (QED) is 0.820. The molecule has 0 aliphatic heterocycles. The Hall–Kier alpha value is -0.890. The van der Waals surface area contributed by atoms with E-state index >= 15 is 0 Å². The Morgan fingerprint density at radius 2 is 1.82 bits per heavy atom. The van der Waals surface area contributed by atoms with Crippen molar-refractivity contribution < 1.29 is 9.50 Å². The van der Waals surface area contributed by atoms with Gasteiger partial charge in [-0.25, -0.2) is 4.39 Å². The molecule has 1 aliphatic carbocycles. The summed E-state index contributed by atoms with van der Waals surface area (Å²) in [4.78, 5) is 0. The lowest BCUT2D eigenvalue weighted by molar-refractivity contribution is 0.0543. The van der Waals surface area contributed by atoms with E-state index in [1.54, 1.807) is 18.2 Å². The van der Waals surface area contributed by atoms with E-state index in [9.17, 15) is 9.50 Å². The number of aliphatic hydroxyl groups is 1. The Bertz CT molecular complexity index is 376. The van der Waals surface area contributed by atoms with Crippen LogP contribution >= 0.6 is 0 Å². The van der Waals surface area contributed by atoms with Crippen LogP contribution in [0.4, 0.5) is 4.39 Å². The zero-order valence-electron chi connectivity index (χ0n) is 10.6. The van der Waals surface area contributed by atoms with Crippen LogP contribution in [0.5, 0.6) is 0 Å². The normalized spacial score (nSPS) is 22.4. The number of aliphatic hydroxyl groups excluding tert-OH is 1. The van der Waals surface area contributed by atoms with Gasteiger partial charge in [-0.05, 0) is 43.1 Å². The zero-order chi connectivity index (χ0) is 12.5. The van der Waals surface area contributed by atoms with E-state index < -0.39 is 6.10 Å². The Labute approximate surface area is 103 Å². The second-order valence-electron chi connectivity index (χ2n) is 5.97. The maximum atomic E-state index is 13.6. The van der Waals surface area contributed by atoms with Gasteiger partial charge in [-0.3, -0.25) is 0 Å². The number of benzene rings is 1. The van der Waals surface area contributed by atoms with Gasteiger partial charge in [0.1, 0.15) is 5.82 Å². The number of rotatable bonds is 2. The van der Waals surface area contributed by atoms with Crippen molar-refractivity contribution in [3.63, 3.8) is 0 Å². The molecule has 1 aromatic rings. The first-order valence-electron chi connectivity index (χ1n) is 6.42. The molecule has 0 heterocycles. The Kier molecular flexibility index (Phi) is 3.53. The first-order chi connectivity index (χ1) is 7.99. The molecule has 2 rings (SSSR count).